The van der Waals surface area contributed by atoms with Crippen molar-refractivity contribution in [2.45, 2.75) is 6.92 Å². The Hall–Kier alpha value is -1.77. The molecule has 3 heteroatoms. The van der Waals surface area contributed by atoms with Gasteiger partial charge in [0.25, 0.3) is 0 Å². The smallest absolute Gasteiger partial charge is 0.221 e. The second-order valence-electron chi connectivity index (χ2n) is 3.04. The quantitative estimate of drug-likeness (QED) is 0.643. The molecule has 0 aromatic carbocycles. The summed E-state index contributed by atoms with van der Waals surface area (Å²) >= 11 is 0. The summed E-state index contributed by atoms with van der Waals surface area (Å²) < 4.78 is 13.4. The molecule has 14 heavy (non-hydrogen) atoms. The Kier molecular flexibility index (Phi) is 2.23. The van der Waals surface area contributed by atoms with E-state index in [1.807, 2.05) is 13.0 Å². The highest BCUT2D eigenvalue weighted by Crippen LogP contribution is 2.23. The lowest BCUT2D eigenvalue weighted by Crippen LogP contribution is -1.92. The van der Waals surface area contributed by atoms with E-state index in [1.165, 1.54) is 6.20 Å². The highest BCUT2D eigenvalue weighted by Gasteiger charge is 2.08. The van der Waals surface area contributed by atoms with Crippen LogP contribution in [0.15, 0.2) is 36.8 Å². The van der Waals surface area contributed by atoms with Crippen LogP contribution in [-0.4, -0.2) is 9.97 Å². The minimum absolute atomic E-state index is 0.446. The lowest BCUT2D eigenvalue weighted by molar-refractivity contribution is 0.586. The van der Waals surface area contributed by atoms with Gasteiger partial charge in [-0.05, 0) is 24.6 Å². The van der Waals surface area contributed by atoms with Crippen LogP contribution in [0.5, 0.6) is 0 Å². The zero-order valence-electron chi connectivity index (χ0n) is 7.74. The van der Waals surface area contributed by atoms with Gasteiger partial charge in [0.1, 0.15) is 0 Å². The van der Waals surface area contributed by atoms with Crippen LogP contribution in [0.3, 0.4) is 0 Å². The van der Waals surface area contributed by atoms with Crippen LogP contribution in [0.2, 0.25) is 0 Å². The van der Waals surface area contributed by atoms with Gasteiger partial charge in [0, 0.05) is 29.7 Å². The summed E-state index contributed by atoms with van der Waals surface area (Å²) in [7, 11) is 0. The number of hydrogen-bond donors (Lipinski definition) is 0. The van der Waals surface area contributed by atoms with Gasteiger partial charge in [-0.25, -0.2) is 4.98 Å². The van der Waals surface area contributed by atoms with Crippen molar-refractivity contribution >= 4 is 0 Å². The molecule has 0 fully saturated rings. The Labute approximate surface area is 81.5 Å². The summed E-state index contributed by atoms with van der Waals surface area (Å²) in [6.07, 6.45) is 4.75. The Morgan fingerprint density at radius 1 is 1.21 bits per heavy atom. The average Bonchev–Trinajstić information content (AvgIpc) is 2.19. The first-order valence-electron chi connectivity index (χ1n) is 4.30. The normalized spacial score (nSPS) is 10.1. The number of nitrogens with zero attached hydrogens (tertiary/aromatic N) is 2. The summed E-state index contributed by atoms with van der Waals surface area (Å²) in [6.45, 7) is 1.85. The van der Waals surface area contributed by atoms with E-state index in [0.29, 0.717) is 5.56 Å². The van der Waals surface area contributed by atoms with E-state index in [2.05, 4.69) is 9.97 Å². The highest BCUT2D eigenvalue weighted by atomic mass is 19.1. The van der Waals surface area contributed by atoms with Crippen LogP contribution < -0.4 is 0 Å². The third-order valence-corrected chi connectivity index (χ3v) is 2.06. The van der Waals surface area contributed by atoms with Crippen molar-refractivity contribution in [1.29, 1.82) is 0 Å². The first-order chi connectivity index (χ1) is 6.79. The third-order valence-electron chi connectivity index (χ3n) is 2.06. The van der Waals surface area contributed by atoms with E-state index in [-0.39, 0.29) is 0 Å². The summed E-state index contributed by atoms with van der Waals surface area (Å²) in [6, 6.07) is 5.38. The Morgan fingerprint density at radius 2 is 2.07 bits per heavy atom. The minimum Gasteiger partial charge on any atom is -0.264 e. The maximum absolute atomic E-state index is 13.4. The molecule has 2 heterocycles. The van der Waals surface area contributed by atoms with E-state index in [1.54, 1.807) is 24.5 Å². The van der Waals surface area contributed by atoms with Gasteiger partial charge in [0.15, 0.2) is 0 Å². The largest absolute Gasteiger partial charge is 0.264 e. The summed E-state index contributed by atoms with van der Waals surface area (Å²) in [5, 5.41) is 0. The van der Waals surface area contributed by atoms with Gasteiger partial charge < -0.3 is 0 Å². The fourth-order valence-electron chi connectivity index (χ4n) is 1.38. The molecule has 0 atom stereocenters. The van der Waals surface area contributed by atoms with E-state index >= 15 is 0 Å². The van der Waals surface area contributed by atoms with Crippen molar-refractivity contribution in [3.8, 4) is 11.1 Å². The second kappa shape index (κ2) is 3.54. The topological polar surface area (TPSA) is 25.8 Å². The highest BCUT2D eigenvalue weighted by molar-refractivity contribution is 5.65. The first kappa shape index (κ1) is 8.81. The molecule has 2 nitrogen and oxygen atoms in total. The molecule has 0 N–H and O–H groups in total. The number of aryl methyl sites for hydroxylation is 1. The molecule has 0 aliphatic heterocycles. The molecule has 0 saturated heterocycles. The third kappa shape index (κ3) is 1.48. The molecule has 2 aromatic rings. The van der Waals surface area contributed by atoms with Crippen LogP contribution in [-0.2, 0) is 0 Å². The first-order valence-corrected chi connectivity index (χ1v) is 4.30. The molecule has 0 aliphatic carbocycles. The summed E-state index contributed by atoms with van der Waals surface area (Å²) in [4.78, 5) is 7.57. The van der Waals surface area contributed by atoms with Gasteiger partial charge in [0.2, 0.25) is 5.95 Å². The molecule has 0 spiro atoms. The Bertz CT molecular complexity index is 420. The van der Waals surface area contributed by atoms with E-state index < -0.39 is 5.95 Å². The van der Waals surface area contributed by atoms with E-state index in [0.717, 1.165) is 11.1 Å². The van der Waals surface area contributed by atoms with Gasteiger partial charge in [-0.2, -0.15) is 4.39 Å². The van der Waals surface area contributed by atoms with Gasteiger partial charge >= 0.3 is 0 Å². The second-order valence-corrected chi connectivity index (χ2v) is 3.04. The van der Waals surface area contributed by atoms with Gasteiger partial charge in [-0.1, -0.05) is 6.07 Å². The van der Waals surface area contributed by atoms with Crippen LogP contribution in [0.4, 0.5) is 4.39 Å². The van der Waals surface area contributed by atoms with Gasteiger partial charge in [0.05, 0.1) is 0 Å². The predicted molar refractivity (Wildman–Crippen MR) is 52.2 cm³/mol. The molecule has 0 amide bonds. The number of aromatic nitrogens is 2. The average molecular weight is 188 g/mol. The van der Waals surface area contributed by atoms with Crippen molar-refractivity contribution in [2.75, 3.05) is 0 Å². The Balaban J connectivity index is 2.63. The van der Waals surface area contributed by atoms with Crippen molar-refractivity contribution in [3.63, 3.8) is 0 Å². The fraction of sp³-hybridized carbons (Fsp3) is 0.0909. The SMILES string of the molecule is Cc1ccnc(F)c1-c1cccnc1. The van der Waals surface area contributed by atoms with Crippen LogP contribution in [0.1, 0.15) is 5.56 Å². The lowest BCUT2D eigenvalue weighted by atomic mass is 10.1. The fourth-order valence-corrected chi connectivity index (χ4v) is 1.38. The molecule has 0 bridgehead atoms. The van der Waals surface area contributed by atoms with Gasteiger partial charge in [-0.15, -0.1) is 0 Å². The number of pyridine rings is 2. The molecule has 0 saturated carbocycles. The van der Waals surface area contributed by atoms with Crippen LogP contribution >= 0.6 is 0 Å². The van der Waals surface area contributed by atoms with E-state index in [9.17, 15) is 4.39 Å². The maximum Gasteiger partial charge on any atom is 0.221 e. The molecule has 2 rings (SSSR count). The molecule has 0 aliphatic rings. The molecular weight excluding hydrogens is 179 g/mol. The Morgan fingerprint density at radius 3 is 2.71 bits per heavy atom. The van der Waals surface area contributed by atoms with Crippen molar-refractivity contribution < 1.29 is 4.39 Å². The van der Waals surface area contributed by atoms with Crippen molar-refractivity contribution in [1.82, 2.24) is 9.97 Å². The minimum atomic E-state index is -0.446. The monoisotopic (exact) mass is 188 g/mol. The zero-order valence-corrected chi connectivity index (χ0v) is 7.74. The molecular formula is C11H9FN2. The number of halogens is 1. The molecule has 2 aromatic heterocycles. The maximum atomic E-state index is 13.4. The standard InChI is InChI=1S/C11H9FN2/c1-8-4-6-14-11(12)10(8)9-3-2-5-13-7-9/h2-7H,1H3. The summed E-state index contributed by atoms with van der Waals surface area (Å²) in [5.74, 6) is -0.446. The van der Waals surface area contributed by atoms with Crippen molar-refractivity contribution in [3.05, 3.63) is 48.3 Å². The van der Waals surface area contributed by atoms with Crippen LogP contribution in [0, 0.1) is 12.9 Å². The van der Waals surface area contributed by atoms with Crippen LogP contribution in [0.25, 0.3) is 11.1 Å². The zero-order chi connectivity index (χ0) is 9.97. The predicted octanol–water partition coefficient (Wildman–Crippen LogP) is 2.59. The molecule has 70 valence electrons. The number of hydrogen-bond acceptors (Lipinski definition) is 2. The van der Waals surface area contributed by atoms with Gasteiger partial charge in [-0.3, -0.25) is 4.98 Å². The van der Waals surface area contributed by atoms with Crippen molar-refractivity contribution in [2.24, 2.45) is 0 Å². The van der Waals surface area contributed by atoms with E-state index in [4.69, 9.17) is 0 Å². The molecule has 0 radical (unpaired) electrons. The summed E-state index contributed by atoms with van der Waals surface area (Å²) in [5.41, 5.74) is 2.15. The lowest BCUT2D eigenvalue weighted by Gasteiger charge is -2.04. The number of rotatable bonds is 1. The molecule has 0 unspecified atom stereocenters.